The molecule has 10 heavy (non-hydrogen) atoms. The Labute approximate surface area is 68.9 Å². The summed E-state index contributed by atoms with van der Waals surface area (Å²) in [4.78, 5) is 0. The standard InChI is InChI=1S/C7H13NO.ClH/c1-7(9)4-5-2-3-6(7)8-5;/h5-6,8-9H,2-4H2,1H3;1H. The Bertz CT molecular complexity index is 142. The summed E-state index contributed by atoms with van der Waals surface area (Å²) in [6.45, 7) is 1.93. The average Bonchev–Trinajstić information content (AvgIpc) is 2.19. The van der Waals surface area contributed by atoms with Gasteiger partial charge >= 0.3 is 1.43 Å². The fourth-order valence-electron chi connectivity index (χ4n) is 2.11. The van der Waals surface area contributed by atoms with Crippen LogP contribution in [0.4, 0.5) is 0 Å². The monoisotopic (exact) mass is 163 g/mol. The van der Waals surface area contributed by atoms with E-state index < -0.39 is 5.60 Å². The Morgan fingerprint density at radius 3 is 2.50 bits per heavy atom. The van der Waals surface area contributed by atoms with Gasteiger partial charge in [0.05, 0.1) is 5.60 Å². The van der Waals surface area contributed by atoms with Crippen molar-refractivity contribution in [3.63, 3.8) is 0 Å². The fraction of sp³-hybridized carbons (Fsp3) is 1.00. The summed E-state index contributed by atoms with van der Waals surface area (Å²) >= 11 is 0. The molecule has 3 heteroatoms. The van der Waals surface area contributed by atoms with Crippen molar-refractivity contribution in [2.45, 2.75) is 43.9 Å². The number of hydrogen-bond donors (Lipinski definition) is 2. The first-order valence-electron chi connectivity index (χ1n) is 3.67. The van der Waals surface area contributed by atoms with Crippen molar-refractivity contribution < 1.29 is 18.9 Å². The maximum Gasteiger partial charge on any atom is 1.00 e. The van der Waals surface area contributed by atoms with E-state index in [0.29, 0.717) is 12.1 Å². The number of hydrogen-bond acceptors (Lipinski definition) is 2. The van der Waals surface area contributed by atoms with E-state index in [1.54, 1.807) is 0 Å². The number of halogens is 1. The van der Waals surface area contributed by atoms with Crippen LogP contribution in [0.2, 0.25) is 0 Å². The zero-order valence-corrected chi connectivity index (χ0v) is 6.86. The maximum atomic E-state index is 9.62. The number of fused-ring (bicyclic) bond motifs is 2. The van der Waals surface area contributed by atoms with Crippen LogP contribution in [-0.4, -0.2) is 22.8 Å². The lowest BCUT2D eigenvalue weighted by atomic mass is 9.87. The molecule has 2 rings (SSSR count). The van der Waals surface area contributed by atoms with Crippen molar-refractivity contribution >= 4 is 0 Å². The highest BCUT2D eigenvalue weighted by atomic mass is 35.5. The van der Waals surface area contributed by atoms with Gasteiger partial charge in [-0.25, -0.2) is 0 Å². The molecule has 2 heterocycles. The van der Waals surface area contributed by atoms with Gasteiger partial charge < -0.3 is 22.8 Å². The molecule has 2 saturated heterocycles. The summed E-state index contributed by atoms with van der Waals surface area (Å²) in [5, 5.41) is 13.0. The van der Waals surface area contributed by atoms with Crippen LogP contribution in [-0.2, 0) is 0 Å². The summed E-state index contributed by atoms with van der Waals surface area (Å²) in [6.07, 6.45) is 3.39. The van der Waals surface area contributed by atoms with Crippen LogP contribution in [0.1, 0.15) is 27.6 Å². The van der Waals surface area contributed by atoms with E-state index in [1.807, 2.05) is 6.92 Å². The highest BCUT2D eigenvalue weighted by Gasteiger charge is 2.46. The molecule has 2 bridgehead atoms. The highest BCUT2D eigenvalue weighted by molar-refractivity contribution is 5.05. The van der Waals surface area contributed by atoms with Crippen molar-refractivity contribution in [1.29, 1.82) is 0 Å². The summed E-state index contributed by atoms with van der Waals surface area (Å²) in [6, 6.07) is 1.01. The molecule has 0 radical (unpaired) electrons. The van der Waals surface area contributed by atoms with Gasteiger partial charge in [-0.2, -0.15) is 0 Å². The van der Waals surface area contributed by atoms with Crippen molar-refractivity contribution in [3.05, 3.63) is 0 Å². The minimum absolute atomic E-state index is 0. The molecular weight excluding hydrogens is 150 g/mol. The van der Waals surface area contributed by atoms with Crippen LogP contribution in [0.15, 0.2) is 0 Å². The van der Waals surface area contributed by atoms with E-state index >= 15 is 0 Å². The number of rotatable bonds is 0. The smallest absolute Gasteiger partial charge is 1.00 e. The molecule has 2 nitrogen and oxygen atoms in total. The van der Waals surface area contributed by atoms with Crippen molar-refractivity contribution in [1.82, 2.24) is 5.32 Å². The highest BCUT2D eigenvalue weighted by Crippen LogP contribution is 2.35. The first-order valence-corrected chi connectivity index (χ1v) is 3.67. The molecule has 2 fully saturated rings. The van der Waals surface area contributed by atoms with E-state index in [4.69, 9.17) is 0 Å². The predicted molar refractivity (Wildman–Crippen MR) is 36.3 cm³/mol. The molecule has 0 spiro atoms. The van der Waals surface area contributed by atoms with Crippen LogP contribution < -0.4 is 17.7 Å². The van der Waals surface area contributed by atoms with E-state index in [-0.39, 0.29) is 13.8 Å². The fourth-order valence-corrected chi connectivity index (χ4v) is 2.11. The third kappa shape index (κ3) is 1.04. The predicted octanol–water partition coefficient (Wildman–Crippen LogP) is -2.62. The van der Waals surface area contributed by atoms with Gasteiger partial charge in [-0.05, 0) is 26.2 Å². The third-order valence-corrected chi connectivity index (χ3v) is 2.65. The molecule has 0 aromatic heterocycles. The number of aliphatic hydroxyl groups is 1. The Kier molecular flexibility index (Phi) is 1.96. The Balaban J connectivity index is 0.000000500. The summed E-state index contributed by atoms with van der Waals surface area (Å²) in [5.74, 6) is 0. The molecule has 2 aliphatic rings. The molecule has 2 N–H and O–H groups in total. The lowest BCUT2D eigenvalue weighted by Gasteiger charge is -2.25. The van der Waals surface area contributed by atoms with Crippen LogP contribution in [0.5, 0.6) is 0 Å². The molecule has 2 aliphatic heterocycles. The van der Waals surface area contributed by atoms with Crippen molar-refractivity contribution in [2.24, 2.45) is 0 Å². The lowest BCUT2D eigenvalue weighted by molar-refractivity contribution is -0.0000145. The molecule has 0 saturated carbocycles. The third-order valence-electron chi connectivity index (χ3n) is 2.65. The average molecular weight is 164 g/mol. The van der Waals surface area contributed by atoms with E-state index in [2.05, 4.69) is 5.32 Å². The van der Waals surface area contributed by atoms with Crippen LogP contribution in [0, 0.1) is 0 Å². The van der Waals surface area contributed by atoms with Crippen LogP contribution in [0.25, 0.3) is 0 Å². The first-order chi connectivity index (χ1) is 4.18. The summed E-state index contributed by atoms with van der Waals surface area (Å²) in [5.41, 5.74) is -0.400. The van der Waals surface area contributed by atoms with Gasteiger partial charge in [-0.1, -0.05) is 0 Å². The normalized spacial score (nSPS) is 51.0. The first kappa shape index (κ1) is 8.31. The minimum Gasteiger partial charge on any atom is -1.00 e. The second-order valence-corrected chi connectivity index (χ2v) is 3.55. The summed E-state index contributed by atoms with van der Waals surface area (Å²) in [7, 11) is 0. The quantitative estimate of drug-likeness (QED) is 0.410. The Morgan fingerprint density at radius 2 is 2.30 bits per heavy atom. The van der Waals surface area contributed by atoms with Gasteiger partial charge in [0, 0.05) is 12.1 Å². The second kappa shape index (κ2) is 2.36. The van der Waals surface area contributed by atoms with Gasteiger partial charge in [0.25, 0.3) is 0 Å². The molecular formula is C7H14ClNO. The molecule has 3 atom stereocenters. The van der Waals surface area contributed by atoms with Gasteiger partial charge in [0.1, 0.15) is 0 Å². The molecule has 3 unspecified atom stereocenters. The van der Waals surface area contributed by atoms with Gasteiger partial charge in [0.2, 0.25) is 0 Å². The maximum absolute atomic E-state index is 9.62. The SMILES string of the molecule is CC1(O)CC2CCC1N2.[Cl-].[H+]. The molecule has 0 aromatic rings. The van der Waals surface area contributed by atoms with E-state index in [1.165, 1.54) is 6.42 Å². The van der Waals surface area contributed by atoms with Crippen LogP contribution in [0.3, 0.4) is 0 Å². The molecule has 60 valence electrons. The molecule has 0 aliphatic carbocycles. The minimum atomic E-state index is -0.400. The zero-order valence-electron chi connectivity index (χ0n) is 7.10. The lowest BCUT2D eigenvalue weighted by Crippen LogP contribution is -3.00. The van der Waals surface area contributed by atoms with Crippen molar-refractivity contribution in [2.75, 3.05) is 0 Å². The van der Waals surface area contributed by atoms with Crippen LogP contribution >= 0.6 is 0 Å². The van der Waals surface area contributed by atoms with Gasteiger partial charge in [0.15, 0.2) is 0 Å². The second-order valence-electron chi connectivity index (χ2n) is 3.55. The van der Waals surface area contributed by atoms with Crippen molar-refractivity contribution in [3.8, 4) is 0 Å². The summed E-state index contributed by atoms with van der Waals surface area (Å²) < 4.78 is 0. The largest absolute Gasteiger partial charge is 1.00 e. The zero-order chi connectivity index (χ0) is 6.48. The van der Waals surface area contributed by atoms with Gasteiger partial charge in [-0.15, -0.1) is 0 Å². The van der Waals surface area contributed by atoms with E-state index in [9.17, 15) is 5.11 Å². The Morgan fingerprint density at radius 1 is 1.60 bits per heavy atom. The molecule has 0 amide bonds. The number of nitrogens with one attached hydrogen (secondary N) is 1. The molecule has 0 aromatic carbocycles. The topological polar surface area (TPSA) is 32.3 Å². The Hall–Kier alpha value is 0.210. The van der Waals surface area contributed by atoms with Gasteiger partial charge in [-0.3, -0.25) is 0 Å². The van der Waals surface area contributed by atoms with E-state index in [0.717, 1.165) is 12.8 Å².